The van der Waals surface area contributed by atoms with Crippen molar-refractivity contribution in [1.29, 1.82) is 0 Å². The molecule has 0 saturated carbocycles. The van der Waals surface area contributed by atoms with Crippen molar-refractivity contribution in [1.82, 2.24) is 20.0 Å². The monoisotopic (exact) mass is 480 g/mol. The van der Waals surface area contributed by atoms with Crippen molar-refractivity contribution in [3.8, 4) is 0 Å². The quantitative estimate of drug-likeness (QED) is 0.258. The Labute approximate surface area is 211 Å². The Morgan fingerprint density at radius 3 is 2.56 bits per heavy atom. The molecule has 0 aliphatic heterocycles. The summed E-state index contributed by atoms with van der Waals surface area (Å²) in [5.41, 5.74) is 12.8. The van der Waals surface area contributed by atoms with E-state index in [0.717, 1.165) is 30.3 Å². The van der Waals surface area contributed by atoms with Crippen LogP contribution in [0, 0.1) is 0 Å². The highest BCUT2D eigenvalue weighted by Gasteiger charge is 2.24. The van der Waals surface area contributed by atoms with E-state index in [-0.39, 0.29) is 11.7 Å². The fraction of sp³-hybridized carbons (Fsp3) is 0.310. The molecule has 4 aromatic rings. The van der Waals surface area contributed by atoms with Gasteiger partial charge in [0.25, 0.3) is 5.91 Å². The first kappa shape index (κ1) is 23.7. The van der Waals surface area contributed by atoms with Gasteiger partial charge in [-0.25, -0.2) is 9.97 Å². The number of hydrogen-bond donors (Lipinski definition) is 2. The largest absolute Gasteiger partial charge is 0.383 e. The molecule has 0 fully saturated rings. The summed E-state index contributed by atoms with van der Waals surface area (Å²) in [6.45, 7) is 4.89. The number of carbonyl (C=O) groups is 1. The van der Waals surface area contributed by atoms with E-state index in [4.69, 9.17) is 15.7 Å². The number of nitrogens with two attached hydrogens (primary N) is 1. The molecule has 0 radical (unpaired) electrons. The average Bonchev–Trinajstić information content (AvgIpc) is 3.16. The Morgan fingerprint density at radius 1 is 1.11 bits per heavy atom. The van der Waals surface area contributed by atoms with Gasteiger partial charge in [0.1, 0.15) is 16.9 Å². The Hall–Kier alpha value is -4.00. The molecule has 1 aliphatic rings. The van der Waals surface area contributed by atoms with Gasteiger partial charge in [0, 0.05) is 6.54 Å². The van der Waals surface area contributed by atoms with Crippen LogP contribution in [-0.4, -0.2) is 33.3 Å². The fourth-order valence-corrected chi connectivity index (χ4v) is 4.64. The van der Waals surface area contributed by atoms with Gasteiger partial charge in [-0.3, -0.25) is 4.79 Å². The van der Waals surface area contributed by atoms with Gasteiger partial charge in [0.2, 0.25) is 0 Å². The molecule has 0 unspecified atom stereocenters. The maximum absolute atomic E-state index is 13.3. The zero-order valence-corrected chi connectivity index (χ0v) is 20.9. The van der Waals surface area contributed by atoms with Crippen molar-refractivity contribution in [3.63, 3.8) is 0 Å². The Bertz CT molecular complexity index is 1460. The number of nitrogen functional groups attached to an aromatic ring is 1. The van der Waals surface area contributed by atoms with Gasteiger partial charge in [-0.1, -0.05) is 61.9 Å². The molecular weight excluding hydrogens is 448 g/mol. The van der Waals surface area contributed by atoms with E-state index >= 15 is 0 Å². The summed E-state index contributed by atoms with van der Waals surface area (Å²) in [4.78, 5) is 22.8. The van der Waals surface area contributed by atoms with Gasteiger partial charge in [0.05, 0.1) is 17.2 Å². The molecule has 0 atom stereocenters. The highest BCUT2D eigenvalue weighted by molar-refractivity contribution is 6.10. The molecule has 7 nitrogen and oxygen atoms in total. The van der Waals surface area contributed by atoms with Crippen LogP contribution in [0.25, 0.3) is 22.2 Å². The number of allylic oxidation sites excluding steroid dienone is 1. The molecule has 2 aromatic carbocycles. The molecule has 3 N–H and O–H groups in total. The lowest BCUT2D eigenvalue weighted by Gasteiger charge is -2.12. The summed E-state index contributed by atoms with van der Waals surface area (Å²) in [5.74, 6) is 0.428. The van der Waals surface area contributed by atoms with Crippen LogP contribution in [0.2, 0.25) is 0 Å². The fourth-order valence-electron chi connectivity index (χ4n) is 4.64. The number of para-hydroxylation sites is 2. The minimum atomic E-state index is -0.256. The second-order valence-corrected chi connectivity index (χ2v) is 9.64. The maximum Gasteiger partial charge on any atom is 0.257 e. The minimum absolute atomic E-state index is 0.227. The first-order chi connectivity index (χ1) is 17.5. The Kier molecular flexibility index (Phi) is 6.80. The predicted octanol–water partition coefficient (Wildman–Crippen LogP) is 5.79. The van der Waals surface area contributed by atoms with Gasteiger partial charge in [0.15, 0.2) is 5.65 Å². The standard InChI is InChI=1S/C29H32N6O/c1-19(2)22-14-12-21(13-15-22)18-32-35-27(30)25(29(36)31-17-16-20-8-4-3-5-9-20)26-28(35)34-24-11-7-6-10-23(24)33-26/h6-8,10-15,18-19H,3-5,9,16-17,30H2,1-2H3,(H,31,36). The van der Waals surface area contributed by atoms with Gasteiger partial charge in [-0.15, -0.1) is 0 Å². The zero-order chi connectivity index (χ0) is 25.1. The molecule has 7 heteroatoms. The van der Waals surface area contributed by atoms with E-state index < -0.39 is 0 Å². The summed E-state index contributed by atoms with van der Waals surface area (Å²) >= 11 is 0. The number of anilines is 1. The van der Waals surface area contributed by atoms with Crippen molar-refractivity contribution in [2.24, 2.45) is 5.10 Å². The number of benzene rings is 2. The number of amides is 1. The summed E-state index contributed by atoms with van der Waals surface area (Å²) in [5, 5.41) is 7.66. The summed E-state index contributed by atoms with van der Waals surface area (Å²) in [6, 6.07) is 15.8. The molecule has 1 amide bonds. The molecule has 0 saturated heterocycles. The highest BCUT2D eigenvalue weighted by Crippen LogP contribution is 2.28. The molecule has 5 rings (SSSR count). The van der Waals surface area contributed by atoms with Crippen LogP contribution in [0.5, 0.6) is 0 Å². The number of fused-ring (bicyclic) bond motifs is 2. The minimum Gasteiger partial charge on any atom is -0.383 e. The molecule has 2 aromatic heterocycles. The van der Waals surface area contributed by atoms with Crippen LogP contribution < -0.4 is 11.1 Å². The Morgan fingerprint density at radius 2 is 1.86 bits per heavy atom. The molecule has 0 bridgehead atoms. The van der Waals surface area contributed by atoms with E-state index in [9.17, 15) is 4.79 Å². The van der Waals surface area contributed by atoms with Gasteiger partial charge >= 0.3 is 0 Å². The van der Waals surface area contributed by atoms with Gasteiger partial charge < -0.3 is 11.1 Å². The topological polar surface area (TPSA) is 98.2 Å². The third-order valence-electron chi connectivity index (χ3n) is 6.74. The predicted molar refractivity (Wildman–Crippen MR) is 146 cm³/mol. The lowest BCUT2D eigenvalue weighted by molar-refractivity contribution is 0.0956. The number of nitrogens with one attached hydrogen (secondary N) is 1. The molecule has 36 heavy (non-hydrogen) atoms. The second kappa shape index (κ2) is 10.3. The molecule has 184 valence electrons. The molecular formula is C29H32N6O. The van der Waals surface area contributed by atoms with E-state index in [0.29, 0.717) is 34.7 Å². The number of hydrogen-bond acceptors (Lipinski definition) is 5. The van der Waals surface area contributed by atoms with Crippen molar-refractivity contribution in [3.05, 3.63) is 76.9 Å². The zero-order valence-electron chi connectivity index (χ0n) is 20.9. The average molecular weight is 481 g/mol. The van der Waals surface area contributed by atoms with Gasteiger partial charge in [-0.2, -0.15) is 9.78 Å². The third kappa shape index (κ3) is 4.87. The number of rotatable bonds is 7. The first-order valence-electron chi connectivity index (χ1n) is 12.7. The van der Waals surface area contributed by atoms with Crippen LogP contribution in [0.4, 0.5) is 5.82 Å². The van der Waals surface area contributed by atoms with E-state index in [1.54, 1.807) is 6.21 Å². The lowest BCUT2D eigenvalue weighted by Crippen LogP contribution is -2.25. The Balaban J connectivity index is 1.49. The van der Waals surface area contributed by atoms with Crippen molar-refractivity contribution in [2.45, 2.75) is 51.9 Å². The van der Waals surface area contributed by atoms with Crippen molar-refractivity contribution < 1.29 is 4.79 Å². The lowest BCUT2D eigenvalue weighted by atomic mass is 9.97. The maximum atomic E-state index is 13.3. The normalized spacial score (nSPS) is 14.1. The van der Waals surface area contributed by atoms with Crippen LogP contribution in [0.15, 0.2) is 65.3 Å². The number of aromatic nitrogens is 3. The van der Waals surface area contributed by atoms with Crippen LogP contribution in [0.1, 0.15) is 73.4 Å². The smallest absolute Gasteiger partial charge is 0.257 e. The van der Waals surface area contributed by atoms with E-state index in [1.165, 1.54) is 28.7 Å². The van der Waals surface area contributed by atoms with E-state index in [1.807, 2.05) is 36.4 Å². The molecule has 2 heterocycles. The van der Waals surface area contributed by atoms with Crippen molar-refractivity contribution in [2.75, 3.05) is 12.3 Å². The third-order valence-corrected chi connectivity index (χ3v) is 6.74. The summed E-state index contributed by atoms with van der Waals surface area (Å²) in [6.07, 6.45) is 9.60. The van der Waals surface area contributed by atoms with Crippen LogP contribution in [-0.2, 0) is 0 Å². The summed E-state index contributed by atoms with van der Waals surface area (Å²) in [7, 11) is 0. The first-order valence-corrected chi connectivity index (χ1v) is 12.7. The SMILES string of the molecule is CC(C)c1ccc(C=Nn2c(N)c(C(=O)NCCC3=CCCCC3)c3nc4ccccc4nc32)cc1. The molecule has 0 spiro atoms. The highest BCUT2D eigenvalue weighted by atomic mass is 16.1. The van der Waals surface area contributed by atoms with E-state index in [2.05, 4.69) is 42.5 Å². The van der Waals surface area contributed by atoms with Crippen LogP contribution in [0.3, 0.4) is 0 Å². The van der Waals surface area contributed by atoms with Gasteiger partial charge in [-0.05, 0) is 61.3 Å². The second-order valence-electron chi connectivity index (χ2n) is 9.64. The molecule has 1 aliphatic carbocycles. The van der Waals surface area contributed by atoms with Crippen molar-refractivity contribution >= 4 is 40.1 Å². The summed E-state index contributed by atoms with van der Waals surface area (Å²) < 4.78 is 1.52. The number of nitrogens with zero attached hydrogens (tertiary/aromatic N) is 4. The van der Waals surface area contributed by atoms with Crippen LogP contribution >= 0.6 is 0 Å². The number of carbonyl (C=O) groups excluding carboxylic acids is 1.